The summed E-state index contributed by atoms with van der Waals surface area (Å²) in [6.45, 7) is 0.374. The number of methoxy groups -OCH3 is 1. The van der Waals surface area contributed by atoms with Gasteiger partial charge in [0.25, 0.3) is 0 Å². The zero-order valence-corrected chi connectivity index (χ0v) is 11.4. The third kappa shape index (κ3) is 2.84. The maximum atomic E-state index is 11.4. The number of amides is 1. The van der Waals surface area contributed by atoms with E-state index in [1.807, 2.05) is 30.3 Å². The number of benzene rings is 1. The second-order valence-electron chi connectivity index (χ2n) is 4.40. The molecule has 0 bridgehead atoms. The standard InChI is InChI=1S/C13H15NO4S/c1-18-12(17)14-8-13(9-14,11(15)16)19-7-10-5-3-2-4-6-10/h2-6H,7-9H2,1H3,(H,15,16). The van der Waals surface area contributed by atoms with Crippen molar-refractivity contribution >= 4 is 23.8 Å². The summed E-state index contributed by atoms with van der Waals surface area (Å²) < 4.78 is 3.66. The van der Waals surface area contributed by atoms with Crippen LogP contribution in [0.15, 0.2) is 30.3 Å². The van der Waals surface area contributed by atoms with Crippen LogP contribution in [0.4, 0.5) is 4.79 Å². The normalized spacial score (nSPS) is 16.6. The first-order valence-electron chi connectivity index (χ1n) is 5.81. The van der Waals surface area contributed by atoms with Crippen molar-refractivity contribution in [2.45, 2.75) is 10.5 Å². The lowest BCUT2D eigenvalue weighted by Gasteiger charge is -2.45. The Kier molecular flexibility index (Phi) is 3.99. The monoisotopic (exact) mass is 281 g/mol. The van der Waals surface area contributed by atoms with E-state index in [4.69, 9.17) is 0 Å². The first-order chi connectivity index (χ1) is 9.07. The van der Waals surface area contributed by atoms with Crippen molar-refractivity contribution < 1.29 is 19.4 Å². The fourth-order valence-electron chi connectivity index (χ4n) is 1.91. The highest BCUT2D eigenvalue weighted by molar-refractivity contribution is 8.00. The van der Waals surface area contributed by atoms with E-state index in [1.54, 1.807) is 0 Å². The predicted octanol–water partition coefficient (Wildman–Crippen LogP) is 1.83. The fraction of sp³-hybridized carbons (Fsp3) is 0.385. The molecule has 102 valence electrons. The van der Waals surface area contributed by atoms with Gasteiger partial charge >= 0.3 is 12.1 Å². The van der Waals surface area contributed by atoms with Gasteiger partial charge in [-0.3, -0.25) is 4.79 Å². The van der Waals surface area contributed by atoms with Crippen LogP contribution in [0.25, 0.3) is 0 Å². The highest BCUT2D eigenvalue weighted by Gasteiger charge is 2.52. The first kappa shape index (κ1) is 13.7. The van der Waals surface area contributed by atoms with Gasteiger partial charge in [-0.2, -0.15) is 0 Å². The number of carboxylic acids is 1. The number of aliphatic carboxylic acids is 1. The molecule has 0 spiro atoms. The van der Waals surface area contributed by atoms with Crippen molar-refractivity contribution in [1.82, 2.24) is 4.90 Å². The lowest BCUT2D eigenvalue weighted by Crippen LogP contribution is -2.65. The number of carbonyl (C=O) groups is 2. The van der Waals surface area contributed by atoms with Crippen LogP contribution in [0.1, 0.15) is 5.56 Å². The van der Waals surface area contributed by atoms with Crippen LogP contribution in [0.5, 0.6) is 0 Å². The fourth-order valence-corrected chi connectivity index (χ4v) is 3.17. The Hall–Kier alpha value is -1.69. The van der Waals surface area contributed by atoms with Crippen LogP contribution in [0.2, 0.25) is 0 Å². The molecule has 1 aliphatic rings. The van der Waals surface area contributed by atoms with Gasteiger partial charge in [-0.1, -0.05) is 30.3 Å². The van der Waals surface area contributed by atoms with Gasteiger partial charge in [-0.15, -0.1) is 11.8 Å². The lowest BCUT2D eigenvalue weighted by molar-refractivity contribution is -0.143. The highest BCUT2D eigenvalue weighted by Crippen LogP contribution is 2.38. The Balaban J connectivity index is 1.96. The van der Waals surface area contributed by atoms with Gasteiger partial charge in [0, 0.05) is 5.75 Å². The Labute approximate surface area is 115 Å². The van der Waals surface area contributed by atoms with E-state index in [0.29, 0.717) is 5.75 Å². The SMILES string of the molecule is COC(=O)N1CC(SCc2ccccc2)(C(=O)O)C1. The number of ether oxygens (including phenoxy) is 1. The molecule has 0 aliphatic carbocycles. The molecule has 1 saturated heterocycles. The Morgan fingerprint density at radius 1 is 1.37 bits per heavy atom. The zero-order chi connectivity index (χ0) is 13.9. The van der Waals surface area contributed by atoms with Gasteiger partial charge in [0.1, 0.15) is 4.75 Å². The second-order valence-corrected chi connectivity index (χ2v) is 5.76. The summed E-state index contributed by atoms with van der Waals surface area (Å²) >= 11 is 1.35. The van der Waals surface area contributed by atoms with Gasteiger partial charge in [0.2, 0.25) is 0 Å². The summed E-state index contributed by atoms with van der Waals surface area (Å²) in [6.07, 6.45) is -0.475. The van der Waals surface area contributed by atoms with Crippen LogP contribution < -0.4 is 0 Å². The summed E-state index contributed by atoms with van der Waals surface area (Å²) in [4.78, 5) is 24.1. The molecule has 0 atom stereocenters. The molecule has 1 aliphatic heterocycles. The van der Waals surface area contributed by atoms with E-state index in [1.165, 1.54) is 23.8 Å². The predicted molar refractivity (Wildman–Crippen MR) is 72.1 cm³/mol. The first-order valence-corrected chi connectivity index (χ1v) is 6.80. The molecule has 0 aromatic heterocycles. The van der Waals surface area contributed by atoms with Gasteiger partial charge in [0.15, 0.2) is 0 Å². The minimum absolute atomic E-state index is 0.187. The van der Waals surface area contributed by atoms with E-state index in [0.717, 1.165) is 5.56 Å². The number of carbonyl (C=O) groups excluding carboxylic acids is 1. The van der Waals surface area contributed by atoms with E-state index < -0.39 is 16.8 Å². The van der Waals surface area contributed by atoms with Crippen molar-refractivity contribution in [1.29, 1.82) is 0 Å². The summed E-state index contributed by atoms with van der Waals surface area (Å²) in [6, 6.07) is 9.68. The molecule has 5 nitrogen and oxygen atoms in total. The molecule has 1 fully saturated rings. The molecule has 1 N–H and O–H groups in total. The highest BCUT2D eigenvalue weighted by atomic mass is 32.2. The molecule has 2 rings (SSSR count). The van der Waals surface area contributed by atoms with E-state index in [9.17, 15) is 14.7 Å². The van der Waals surface area contributed by atoms with Crippen molar-refractivity contribution in [3.63, 3.8) is 0 Å². The van der Waals surface area contributed by atoms with Crippen molar-refractivity contribution in [3.8, 4) is 0 Å². The maximum absolute atomic E-state index is 11.4. The smallest absolute Gasteiger partial charge is 0.409 e. The van der Waals surface area contributed by atoms with Gasteiger partial charge in [0.05, 0.1) is 20.2 Å². The second kappa shape index (κ2) is 5.52. The van der Waals surface area contributed by atoms with Crippen LogP contribution >= 0.6 is 11.8 Å². The number of nitrogens with zero attached hydrogens (tertiary/aromatic N) is 1. The molecule has 6 heteroatoms. The summed E-state index contributed by atoms with van der Waals surface area (Å²) in [5.74, 6) is -0.268. The average molecular weight is 281 g/mol. The van der Waals surface area contributed by atoms with Crippen molar-refractivity contribution in [2.24, 2.45) is 0 Å². The van der Waals surface area contributed by atoms with Crippen LogP contribution in [0.3, 0.4) is 0 Å². The molecule has 1 amide bonds. The number of rotatable bonds is 4. The third-order valence-electron chi connectivity index (χ3n) is 3.07. The molecular weight excluding hydrogens is 266 g/mol. The quantitative estimate of drug-likeness (QED) is 0.912. The van der Waals surface area contributed by atoms with Crippen LogP contribution in [-0.4, -0.2) is 47.0 Å². The Morgan fingerprint density at radius 3 is 2.53 bits per heavy atom. The summed E-state index contributed by atoms with van der Waals surface area (Å²) in [5.41, 5.74) is 1.07. The van der Waals surface area contributed by atoms with Gasteiger partial charge in [-0.05, 0) is 5.56 Å². The van der Waals surface area contributed by atoms with Crippen molar-refractivity contribution in [2.75, 3.05) is 20.2 Å². The molecule has 1 aromatic carbocycles. The molecule has 1 aromatic rings. The minimum atomic E-state index is -0.913. The number of hydrogen-bond acceptors (Lipinski definition) is 4. The maximum Gasteiger partial charge on any atom is 0.409 e. The van der Waals surface area contributed by atoms with E-state index in [2.05, 4.69) is 4.74 Å². The molecule has 0 saturated carbocycles. The number of thioether (sulfide) groups is 1. The van der Waals surface area contributed by atoms with Gasteiger partial charge < -0.3 is 14.7 Å². The largest absolute Gasteiger partial charge is 0.480 e. The number of likely N-dealkylation sites (tertiary alicyclic amines) is 1. The van der Waals surface area contributed by atoms with E-state index >= 15 is 0 Å². The zero-order valence-electron chi connectivity index (χ0n) is 10.5. The van der Waals surface area contributed by atoms with E-state index in [-0.39, 0.29) is 13.1 Å². The van der Waals surface area contributed by atoms with Crippen LogP contribution in [0, 0.1) is 0 Å². The van der Waals surface area contributed by atoms with Crippen LogP contribution in [-0.2, 0) is 15.3 Å². The molecular formula is C13H15NO4S. The third-order valence-corrected chi connectivity index (χ3v) is 4.54. The summed E-state index contributed by atoms with van der Waals surface area (Å²) in [5, 5.41) is 9.33. The minimum Gasteiger partial charge on any atom is -0.480 e. The molecule has 1 heterocycles. The number of hydrogen-bond donors (Lipinski definition) is 1. The molecule has 0 radical (unpaired) electrons. The topological polar surface area (TPSA) is 66.8 Å². The van der Waals surface area contributed by atoms with Gasteiger partial charge in [-0.25, -0.2) is 4.79 Å². The number of carboxylic acid groups (broad SMARTS) is 1. The van der Waals surface area contributed by atoms with Crippen molar-refractivity contribution in [3.05, 3.63) is 35.9 Å². The Morgan fingerprint density at radius 2 is 2.00 bits per heavy atom. The molecule has 0 unspecified atom stereocenters. The lowest BCUT2D eigenvalue weighted by atomic mass is 10.00. The average Bonchev–Trinajstić information content (AvgIpc) is 2.37. The molecule has 19 heavy (non-hydrogen) atoms. The Bertz CT molecular complexity index is 471. The summed E-state index contributed by atoms with van der Waals surface area (Å²) in [7, 11) is 1.29.